The Bertz CT molecular complexity index is 1420. The first-order valence-corrected chi connectivity index (χ1v) is 11.1. The van der Waals surface area contributed by atoms with Crippen molar-refractivity contribution in [1.29, 1.82) is 0 Å². The highest BCUT2D eigenvalue weighted by Crippen LogP contribution is 2.39. The molecule has 2 aromatic carbocycles. The molecule has 8 nitrogen and oxygen atoms in total. The molecule has 3 heterocycles. The van der Waals surface area contributed by atoms with Crippen molar-refractivity contribution in [2.24, 2.45) is 0 Å². The summed E-state index contributed by atoms with van der Waals surface area (Å²) in [6.07, 6.45) is 3.78. The number of ketones is 1. The van der Waals surface area contributed by atoms with Gasteiger partial charge in [-0.2, -0.15) is 0 Å². The normalized spacial score (nSPS) is 15.8. The van der Waals surface area contributed by atoms with Crippen molar-refractivity contribution in [2.75, 3.05) is 20.8 Å². The van der Waals surface area contributed by atoms with Crippen LogP contribution in [-0.2, 0) is 11.2 Å². The minimum atomic E-state index is -0.772. The molecule has 1 atom stereocenters. The molecular weight excluding hydrogens is 448 g/mol. The standard InChI is InChI=1S/C27H24N2O6/c1-33-18-7-5-16(6-8-18)24-23(25(30)22-4-3-13-35-22)26(31)27(32)29(24)12-11-17-15-28-21-10-9-19(34-2)14-20(17)21/h3-10,13-15,24,28,31H,11-12H2,1-2H3. The molecule has 0 saturated carbocycles. The topological polar surface area (TPSA) is 105 Å². The second kappa shape index (κ2) is 9.06. The number of amides is 1. The zero-order chi connectivity index (χ0) is 24.5. The summed E-state index contributed by atoms with van der Waals surface area (Å²) in [7, 11) is 3.18. The third-order valence-corrected chi connectivity index (χ3v) is 6.32. The number of aromatic nitrogens is 1. The van der Waals surface area contributed by atoms with Gasteiger partial charge in [-0.3, -0.25) is 9.59 Å². The Morgan fingerprint density at radius 1 is 1.09 bits per heavy atom. The van der Waals surface area contributed by atoms with E-state index in [4.69, 9.17) is 13.9 Å². The lowest BCUT2D eigenvalue weighted by Crippen LogP contribution is -2.33. The first kappa shape index (κ1) is 22.3. The van der Waals surface area contributed by atoms with E-state index in [1.165, 1.54) is 17.2 Å². The monoisotopic (exact) mass is 472 g/mol. The number of fused-ring (bicyclic) bond motifs is 1. The number of nitrogens with one attached hydrogen (secondary N) is 1. The predicted octanol–water partition coefficient (Wildman–Crippen LogP) is 4.60. The van der Waals surface area contributed by atoms with Crippen LogP contribution in [0.5, 0.6) is 11.5 Å². The average molecular weight is 472 g/mol. The number of H-pyrrole nitrogens is 1. The van der Waals surface area contributed by atoms with E-state index in [-0.39, 0.29) is 17.9 Å². The highest BCUT2D eigenvalue weighted by molar-refractivity contribution is 6.15. The van der Waals surface area contributed by atoms with Gasteiger partial charge in [-0.05, 0) is 60.0 Å². The first-order chi connectivity index (χ1) is 17.0. The van der Waals surface area contributed by atoms with E-state index in [9.17, 15) is 14.7 Å². The van der Waals surface area contributed by atoms with E-state index >= 15 is 0 Å². The Kier molecular flexibility index (Phi) is 5.78. The molecular formula is C27H24N2O6. The number of hydrogen-bond acceptors (Lipinski definition) is 6. The van der Waals surface area contributed by atoms with Crippen molar-refractivity contribution in [2.45, 2.75) is 12.5 Å². The van der Waals surface area contributed by atoms with Crippen LogP contribution in [0.3, 0.4) is 0 Å². The van der Waals surface area contributed by atoms with Gasteiger partial charge in [0.05, 0.1) is 32.1 Å². The van der Waals surface area contributed by atoms with Crippen LogP contribution in [0.15, 0.2) is 82.8 Å². The van der Waals surface area contributed by atoms with Gasteiger partial charge in [-0.25, -0.2) is 0 Å². The SMILES string of the molecule is COc1ccc(C2C(C(=O)c3ccco3)=C(O)C(=O)N2CCc2c[nH]c3ccc(OC)cc23)cc1. The average Bonchev–Trinajstić information content (AvgIpc) is 3.62. The van der Waals surface area contributed by atoms with Gasteiger partial charge in [0.1, 0.15) is 11.5 Å². The lowest BCUT2D eigenvalue weighted by atomic mass is 9.95. The largest absolute Gasteiger partial charge is 0.503 e. The summed E-state index contributed by atoms with van der Waals surface area (Å²) >= 11 is 0. The first-order valence-electron chi connectivity index (χ1n) is 11.1. The number of aliphatic hydroxyl groups excluding tert-OH is 1. The van der Waals surface area contributed by atoms with Crippen LogP contribution in [0.2, 0.25) is 0 Å². The van der Waals surface area contributed by atoms with Gasteiger partial charge in [0.2, 0.25) is 5.78 Å². The van der Waals surface area contributed by atoms with Crippen LogP contribution in [0.4, 0.5) is 0 Å². The molecule has 35 heavy (non-hydrogen) atoms. The molecule has 1 aliphatic heterocycles. The Morgan fingerprint density at radius 3 is 2.51 bits per heavy atom. The zero-order valence-corrected chi connectivity index (χ0v) is 19.3. The summed E-state index contributed by atoms with van der Waals surface area (Å²) in [6, 6.07) is 15.2. The summed E-state index contributed by atoms with van der Waals surface area (Å²) in [6.45, 7) is 0.276. The third-order valence-electron chi connectivity index (χ3n) is 6.32. The summed E-state index contributed by atoms with van der Waals surface area (Å²) in [5.41, 5.74) is 2.62. The van der Waals surface area contributed by atoms with E-state index in [1.54, 1.807) is 44.6 Å². The minimum Gasteiger partial charge on any atom is -0.503 e. The van der Waals surface area contributed by atoms with Crippen molar-refractivity contribution in [1.82, 2.24) is 9.88 Å². The molecule has 1 unspecified atom stereocenters. The summed E-state index contributed by atoms with van der Waals surface area (Å²) in [4.78, 5) is 31.2. The van der Waals surface area contributed by atoms with Gasteiger partial charge in [0, 0.05) is 23.6 Å². The quantitative estimate of drug-likeness (QED) is 0.363. The molecule has 2 aromatic heterocycles. The lowest BCUT2D eigenvalue weighted by molar-refractivity contribution is -0.129. The Morgan fingerprint density at radius 2 is 1.83 bits per heavy atom. The van der Waals surface area contributed by atoms with E-state index in [1.807, 2.05) is 24.4 Å². The molecule has 0 saturated heterocycles. The number of furan rings is 1. The molecule has 4 aromatic rings. The molecule has 5 rings (SSSR count). The maximum Gasteiger partial charge on any atom is 0.290 e. The molecule has 0 aliphatic carbocycles. The molecule has 2 N–H and O–H groups in total. The van der Waals surface area contributed by atoms with Gasteiger partial charge in [0.15, 0.2) is 11.5 Å². The van der Waals surface area contributed by atoms with Crippen LogP contribution in [0.1, 0.15) is 27.7 Å². The van der Waals surface area contributed by atoms with Crippen molar-refractivity contribution >= 4 is 22.6 Å². The minimum absolute atomic E-state index is 0.00397. The van der Waals surface area contributed by atoms with E-state index < -0.39 is 23.5 Å². The fraction of sp³-hybridized carbons (Fsp3) is 0.185. The van der Waals surface area contributed by atoms with Gasteiger partial charge < -0.3 is 28.9 Å². The molecule has 1 aliphatic rings. The fourth-order valence-electron chi connectivity index (χ4n) is 4.52. The number of methoxy groups -OCH3 is 2. The molecule has 178 valence electrons. The summed E-state index contributed by atoms with van der Waals surface area (Å²) < 4.78 is 15.9. The van der Waals surface area contributed by atoms with Gasteiger partial charge in [-0.15, -0.1) is 0 Å². The number of benzene rings is 2. The maximum absolute atomic E-state index is 13.3. The fourth-order valence-corrected chi connectivity index (χ4v) is 4.52. The van der Waals surface area contributed by atoms with Crippen LogP contribution in [-0.4, -0.2) is 47.4 Å². The van der Waals surface area contributed by atoms with E-state index in [0.29, 0.717) is 17.7 Å². The predicted molar refractivity (Wildman–Crippen MR) is 129 cm³/mol. The second-order valence-electron chi connectivity index (χ2n) is 8.22. The number of hydrogen-bond donors (Lipinski definition) is 2. The molecule has 1 amide bonds. The summed E-state index contributed by atoms with van der Waals surface area (Å²) in [5, 5.41) is 11.8. The highest BCUT2D eigenvalue weighted by Gasteiger charge is 2.44. The number of ether oxygens (including phenoxy) is 2. The van der Waals surface area contributed by atoms with E-state index in [0.717, 1.165) is 22.2 Å². The lowest BCUT2D eigenvalue weighted by Gasteiger charge is -2.26. The van der Waals surface area contributed by atoms with Crippen LogP contribution in [0, 0.1) is 0 Å². The number of nitrogens with zero attached hydrogens (tertiary/aromatic N) is 1. The van der Waals surface area contributed by atoms with E-state index in [2.05, 4.69) is 4.98 Å². The second-order valence-corrected chi connectivity index (χ2v) is 8.22. The van der Waals surface area contributed by atoms with Crippen LogP contribution in [0.25, 0.3) is 10.9 Å². The van der Waals surface area contributed by atoms with Crippen molar-refractivity contribution < 1.29 is 28.6 Å². The zero-order valence-electron chi connectivity index (χ0n) is 19.3. The molecule has 0 bridgehead atoms. The molecule has 0 fully saturated rings. The van der Waals surface area contributed by atoms with Crippen molar-refractivity contribution in [3.05, 3.63) is 95.3 Å². The Hall–Kier alpha value is -4.46. The highest BCUT2D eigenvalue weighted by atomic mass is 16.5. The van der Waals surface area contributed by atoms with Gasteiger partial charge in [0.25, 0.3) is 5.91 Å². The Balaban J connectivity index is 1.50. The third kappa shape index (κ3) is 3.93. The smallest absolute Gasteiger partial charge is 0.290 e. The van der Waals surface area contributed by atoms with Crippen molar-refractivity contribution in [3.8, 4) is 11.5 Å². The number of carbonyl (C=O) groups is 2. The molecule has 0 spiro atoms. The van der Waals surface area contributed by atoms with Crippen LogP contribution >= 0.6 is 0 Å². The number of aliphatic hydroxyl groups is 1. The number of Topliss-reactive ketones (excluding diaryl/α,β-unsaturated/α-hetero) is 1. The number of aromatic amines is 1. The number of carbonyl (C=O) groups excluding carboxylic acids is 2. The summed E-state index contributed by atoms with van der Waals surface area (Å²) in [5.74, 6) is -0.253. The molecule has 8 heteroatoms. The van der Waals surface area contributed by atoms with Crippen molar-refractivity contribution in [3.63, 3.8) is 0 Å². The number of rotatable bonds is 8. The Labute approximate surface area is 201 Å². The molecule has 0 radical (unpaired) electrons. The van der Waals surface area contributed by atoms with Gasteiger partial charge >= 0.3 is 0 Å². The van der Waals surface area contributed by atoms with Crippen LogP contribution < -0.4 is 9.47 Å². The van der Waals surface area contributed by atoms with Gasteiger partial charge in [-0.1, -0.05) is 12.1 Å². The maximum atomic E-state index is 13.3.